The molecule has 0 radical (unpaired) electrons. The fourth-order valence-electron chi connectivity index (χ4n) is 1.34. The van der Waals surface area contributed by atoms with Gasteiger partial charge in [0.25, 0.3) is 0 Å². The molecule has 0 aliphatic rings. The van der Waals surface area contributed by atoms with E-state index in [4.69, 9.17) is 0 Å². The quantitative estimate of drug-likeness (QED) is 0.787. The second kappa shape index (κ2) is 7.81. The van der Waals surface area contributed by atoms with E-state index in [0.29, 0.717) is 18.3 Å². The van der Waals surface area contributed by atoms with Crippen molar-refractivity contribution in [2.24, 2.45) is 0 Å². The third kappa shape index (κ3) is 5.42. The Hall–Kier alpha value is -0.520. The Bertz CT molecular complexity index is 412. The van der Waals surface area contributed by atoms with Crippen LogP contribution in [0, 0.1) is 6.92 Å². The van der Waals surface area contributed by atoms with E-state index in [1.54, 1.807) is 11.8 Å². The number of hydrogen-bond donors (Lipinski definition) is 2. The van der Waals surface area contributed by atoms with Gasteiger partial charge in [0.05, 0.1) is 5.75 Å². The van der Waals surface area contributed by atoms with Crippen LogP contribution in [0.15, 0.2) is 27.6 Å². The predicted molar refractivity (Wildman–Crippen MR) is 81.1 cm³/mol. The minimum Gasteiger partial charge on any atom is -0.354 e. The second-order valence-corrected chi connectivity index (χ2v) is 6.13. The topological polar surface area (TPSA) is 41.1 Å². The van der Waals surface area contributed by atoms with Crippen molar-refractivity contribution < 1.29 is 4.79 Å². The number of nitrogens with one attached hydrogen (secondary N) is 2. The molecule has 2 N–H and O–H groups in total. The predicted octanol–water partition coefficient (Wildman–Crippen LogP) is 2.57. The first-order valence-electron chi connectivity index (χ1n) is 5.86. The van der Waals surface area contributed by atoms with Crippen LogP contribution in [0.1, 0.15) is 12.5 Å². The molecule has 0 saturated carbocycles. The van der Waals surface area contributed by atoms with Gasteiger partial charge in [0.15, 0.2) is 0 Å². The summed E-state index contributed by atoms with van der Waals surface area (Å²) in [5, 5.41) is 5.99. The molecule has 0 aromatic heterocycles. The highest BCUT2D eigenvalue weighted by Crippen LogP contribution is 2.24. The summed E-state index contributed by atoms with van der Waals surface area (Å²) in [7, 11) is 1.89. The van der Waals surface area contributed by atoms with Gasteiger partial charge in [0.1, 0.15) is 0 Å². The lowest BCUT2D eigenvalue weighted by Gasteiger charge is -2.11. The van der Waals surface area contributed by atoms with Crippen molar-refractivity contribution in [1.29, 1.82) is 0 Å². The first-order chi connectivity index (χ1) is 8.52. The Morgan fingerprint density at radius 1 is 1.50 bits per heavy atom. The van der Waals surface area contributed by atoms with Crippen LogP contribution >= 0.6 is 27.7 Å². The molecule has 1 aromatic carbocycles. The van der Waals surface area contributed by atoms with Crippen LogP contribution in [0.3, 0.4) is 0 Å². The standard InChI is InChI=1S/C13H19BrN2OS/c1-9-6-11(14)4-5-12(9)18-8-13(17)16-7-10(2)15-3/h4-6,10,15H,7-8H2,1-3H3,(H,16,17). The number of hydrogen-bond acceptors (Lipinski definition) is 3. The Labute approximate surface area is 121 Å². The average Bonchev–Trinajstić information content (AvgIpc) is 2.34. The summed E-state index contributed by atoms with van der Waals surface area (Å²) in [6, 6.07) is 6.39. The first-order valence-corrected chi connectivity index (χ1v) is 7.63. The van der Waals surface area contributed by atoms with Gasteiger partial charge in [0.2, 0.25) is 5.91 Å². The maximum atomic E-state index is 11.6. The summed E-state index contributed by atoms with van der Waals surface area (Å²) in [5.74, 6) is 0.531. The number of likely N-dealkylation sites (N-methyl/N-ethyl adjacent to an activating group) is 1. The number of halogens is 1. The van der Waals surface area contributed by atoms with Crippen molar-refractivity contribution >= 4 is 33.6 Å². The van der Waals surface area contributed by atoms with E-state index >= 15 is 0 Å². The zero-order valence-corrected chi connectivity index (χ0v) is 13.3. The molecule has 100 valence electrons. The molecule has 1 aromatic rings. The van der Waals surface area contributed by atoms with Crippen LogP contribution in [0.25, 0.3) is 0 Å². The Morgan fingerprint density at radius 2 is 2.22 bits per heavy atom. The number of carbonyl (C=O) groups excluding carboxylic acids is 1. The average molecular weight is 331 g/mol. The Kier molecular flexibility index (Phi) is 6.75. The number of aryl methyl sites for hydroxylation is 1. The molecule has 0 saturated heterocycles. The van der Waals surface area contributed by atoms with E-state index in [1.807, 2.05) is 33.0 Å². The molecule has 0 fully saturated rings. The van der Waals surface area contributed by atoms with Gasteiger partial charge in [-0.2, -0.15) is 0 Å². The summed E-state index contributed by atoms with van der Waals surface area (Å²) in [5.41, 5.74) is 1.19. The summed E-state index contributed by atoms with van der Waals surface area (Å²) < 4.78 is 1.07. The molecule has 5 heteroatoms. The maximum Gasteiger partial charge on any atom is 0.230 e. The molecule has 0 heterocycles. The van der Waals surface area contributed by atoms with Crippen molar-refractivity contribution in [3.8, 4) is 0 Å². The number of rotatable bonds is 6. The molecule has 0 bridgehead atoms. The lowest BCUT2D eigenvalue weighted by Crippen LogP contribution is -2.37. The zero-order valence-electron chi connectivity index (χ0n) is 10.9. The lowest BCUT2D eigenvalue weighted by molar-refractivity contribution is -0.118. The summed E-state index contributed by atoms with van der Waals surface area (Å²) in [6.07, 6.45) is 0. The van der Waals surface area contributed by atoms with Crippen LogP contribution in [-0.2, 0) is 4.79 Å². The fourth-order valence-corrected chi connectivity index (χ4v) is 2.65. The van der Waals surface area contributed by atoms with Crippen LogP contribution in [0.4, 0.5) is 0 Å². The molecular weight excluding hydrogens is 312 g/mol. The lowest BCUT2D eigenvalue weighted by atomic mass is 10.2. The van der Waals surface area contributed by atoms with Crippen molar-refractivity contribution in [2.45, 2.75) is 24.8 Å². The number of amides is 1. The second-order valence-electron chi connectivity index (χ2n) is 4.19. The number of carbonyl (C=O) groups is 1. The van der Waals surface area contributed by atoms with Gasteiger partial charge in [-0.3, -0.25) is 4.79 Å². The fraction of sp³-hybridized carbons (Fsp3) is 0.462. The number of thioether (sulfide) groups is 1. The largest absolute Gasteiger partial charge is 0.354 e. The van der Waals surface area contributed by atoms with Crippen LogP contribution in [0.2, 0.25) is 0 Å². The molecule has 1 amide bonds. The smallest absolute Gasteiger partial charge is 0.230 e. The Morgan fingerprint density at radius 3 is 2.83 bits per heavy atom. The highest BCUT2D eigenvalue weighted by atomic mass is 79.9. The summed E-state index contributed by atoms with van der Waals surface area (Å²) >= 11 is 5.00. The van der Waals surface area contributed by atoms with E-state index in [9.17, 15) is 4.79 Å². The minimum absolute atomic E-state index is 0.0735. The monoisotopic (exact) mass is 330 g/mol. The van der Waals surface area contributed by atoms with Gasteiger partial charge in [-0.25, -0.2) is 0 Å². The zero-order chi connectivity index (χ0) is 13.5. The third-order valence-corrected chi connectivity index (χ3v) is 4.26. The highest BCUT2D eigenvalue weighted by molar-refractivity contribution is 9.10. The molecule has 1 unspecified atom stereocenters. The minimum atomic E-state index is 0.0735. The van der Waals surface area contributed by atoms with Gasteiger partial charge in [0, 0.05) is 22.0 Å². The molecule has 1 rings (SSSR count). The molecular formula is C13H19BrN2OS. The molecule has 3 nitrogen and oxygen atoms in total. The van der Waals surface area contributed by atoms with Gasteiger partial charge in [-0.1, -0.05) is 15.9 Å². The van der Waals surface area contributed by atoms with Crippen LogP contribution in [0.5, 0.6) is 0 Å². The SMILES string of the molecule is CNC(C)CNC(=O)CSc1ccc(Br)cc1C. The van der Waals surface area contributed by atoms with E-state index in [-0.39, 0.29) is 5.91 Å². The van der Waals surface area contributed by atoms with Crippen molar-refractivity contribution in [3.63, 3.8) is 0 Å². The van der Waals surface area contributed by atoms with E-state index in [0.717, 1.165) is 9.37 Å². The number of benzene rings is 1. The normalized spacial score (nSPS) is 12.2. The van der Waals surface area contributed by atoms with Gasteiger partial charge < -0.3 is 10.6 Å². The molecule has 1 atom stereocenters. The van der Waals surface area contributed by atoms with Crippen molar-refractivity contribution in [2.75, 3.05) is 19.3 Å². The molecule has 0 aliphatic heterocycles. The molecule has 0 spiro atoms. The summed E-state index contributed by atoms with van der Waals surface area (Å²) in [6.45, 7) is 4.75. The third-order valence-electron chi connectivity index (χ3n) is 2.59. The van der Waals surface area contributed by atoms with E-state index in [1.165, 1.54) is 5.56 Å². The molecule has 18 heavy (non-hydrogen) atoms. The maximum absolute atomic E-state index is 11.6. The van der Waals surface area contributed by atoms with Crippen molar-refractivity contribution in [3.05, 3.63) is 28.2 Å². The molecule has 0 aliphatic carbocycles. The Balaban J connectivity index is 2.38. The van der Waals surface area contributed by atoms with Crippen LogP contribution in [-0.4, -0.2) is 31.3 Å². The van der Waals surface area contributed by atoms with Gasteiger partial charge in [-0.15, -0.1) is 11.8 Å². The van der Waals surface area contributed by atoms with Crippen LogP contribution < -0.4 is 10.6 Å². The van der Waals surface area contributed by atoms with Gasteiger partial charge >= 0.3 is 0 Å². The van der Waals surface area contributed by atoms with E-state index in [2.05, 4.69) is 32.6 Å². The van der Waals surface area contributed by atoms with Crippen molar-refractivity contribution in [1.82, 2.24) is 10.6 Å². The van der Waals surface area contributed by atoms with E-state index < -0.39 is 0 Å². The summed E-state index contributed by atoms with van der Waals surface area (Å²) in [4.78, 5) is 12.8. The first kappa shape index (κ1) is 15.5. The highest BCUT2D eigenvalue weighted by Gasteiger charge is 2.06. The van der Waals surface area contributed by atoms with Gasteiger partial charge in [-0.05, 0) is 44.7 Å².